The number of pyridine rings is 1. The van der Waals surface area contributed by atoms with Crippen LogP contribution in [-0.4, -0.2) is 10.9 Å². The highest BCUT2D eigenvalue weighted by molar-refractivity contribution is 6.30. The molecule has 1 heterocycles. The number of amides is 1. The molecule has 0 saturated heterocycles. The fourth-order valence-corrected chi connectivity index (χ4v) is 5.03. The molecule has 1 aromatic carbocycles. The molecule has 2 N–H and O–H groups in total. The second kappa shape index (κ2) is 9.28. The highest BCUT2D eigenvalue weighted by atomic mass is 35.5. The Morgan fingerprint density at radius 3 is 2.57 bits per heavy atom. The highest BCUT2D eigenvalue weighted by Crippen LogP contribution is 2.36. The lowest BCUT2D eigenvalue weighted by atomic mass is 9.77. The van der Waals surface area contributed by atoms with Gasteiger partial charge >= 0.3 is 0 Å². The van der Waals surface area contributed by atoms with Crippen LogP contribution in [0.15, 0.2) is 30.3 Å². The van der Waals surface area contributed by atoms with E-state index >= 15 is 0 Å². The van der Waals surface area contributed by atoms with Crippen LogP contribution in [0.3, 0.4) is 0 Å². The third-order valence-electron chi connectivity index (χ3n) is 6.23. The van der Waals surface area contributed by atoms with Gasteiger partial charge in [-0.2, -0.15) is 0 Å². The van der Waals surface area contributed by atoms with Gasteiger partial charge in [-0.1, -0.05) is 23.7 Å². The largest absolute Gasteiger partial charge is 0.370 e. The average molecular weight is 419 g/mol. The molecule has 2 aliphatic carbocycles. The number of aromatic nitrogens is 1. The quantitative estimate of drug-likeness (QED) is 0.692. The van der Waals surface area contributed by atoms with E-state index in [0.717, 1.165) is 48.4 Å². The minimum atomic E-state index is -0.156. The molecule has 5 heteroatoms. The topological polar surface area (TPSA) is 56.0 Å². The molecule has 2 aromatic rings. The van der Waals surface area contributed by atoms with Gasteiger partial charge in [0.15, 0.2) is 0 Å². The molecular formula is C23H28Cl2N2O. The first-order valence-corrected chi connectivity index (χ1v) is 10.5. The zero-order valence-corrected chi connectivity index (χ0v) is 17.7. The summed E-state index contributed by atoms with van der Waals surface area (Å²) in [4.78, 5) is 16.1. The lowest BCUT2D eigenvalue weighted by Crippen LogP contribution is -2.22. The van der Waals surface area contributed by atoms with Crippen molar-refractivity contribution in [3.05, 3.63) is 52.2 Å². The Bertz CT molecular complexity index is 844. The third-order valence-corrected chi connectivity index (χ3v) is 6.46. The Morgan fingerprint density at radius 1 is 1.11 bits per heavy atom. The molecule has 2 aliphatic rings. The Kier molecular flexibility index (Phi) is 7.00. The van der Waals surface area contributed by atoms with Crippen molar-refractivity contribution in [1.82, 2.24) is 4.98 Å². The number of carbonyl (C=O) groups is 1. The molecule has 1 amide bonds. The van der Waals surface area contributed by atoms with E-state index in [1.807, 2.05) is 18.2 Å². The summed E-state index contributed by atoms with van der Waals surface area (Å²) < 4.78 is 0. The van der Waals surface area contributed by atoms with E-state index < -0.39 is 0 Å². The van der Waals surface area contributed by atoms with E-state index in [-0.39, 0.29) is 18.3 Å². The number of carbonyl (C=O) groups excluding carboxylic acids is 1. The van der Waals surface area contributed by atoms with Crippen LogP contribution in [0, 0.1) is 11.8 Å². The van der Waals surface area contributed by atoms with Crippen molar-refractivity contribution >= 4 is 29.9 Å². The van der Waals surface area contributed by atoms with E-state index in [0.29, 0.717) is 18.3 Å². The average Bonchev–Trinajstić information content (AvgIpc) is 3.12. The smallest absolute Gasteiger partial charge is 0.217 e. The number of hydrogen-bond donors (Lipinski definition) is 1. The Morgan fingerprint density at radius 2 is 1.86 bits per heavy atom. The normalized spacial score (nSPS) is 21.0. The fraction of sp³-hybridized carbons (Fsp3) is 0.478. The fourth-order valence-electron chi connectivity index (χ4n) is 4.84. The molecule has 1 aromatic heterocycles. The predicted molar refractivity (Wildman–Crippen MR) is 117 cm³/mol. The van der Waals surface area contributed by atoms with Crippen molar-refractivity contribution in [3.8, 4) is 11.3 Å². The Labute approximate surface area is 178 Å². The van der Waals surface area contributed by atoms with Gasteiger partial charge in [0, 0.05) is 22.7 Å². The van der Waals surface area contributed by atoms with Gasteiger partial charge in [-0.15, -0.1) is 12.4 Å². The standard InChI is InChI=1S/C23H27ClN2O.ClH/c24-19-4-1-3-17(13-19)22-14-18(20-5-2-6-21(20)26-22)11-15-7-9-16(10-8-15)12-23(25)27;/h1,3-4,13-16H,2,5-12H2,(H2,25,27);1H. The number of hydrogen-bond acceptors (Lipinski definition) is 2. The van der Waals surface area contributed by atoms with Crippen LogP contribution in [0.4, 0.5) is 0 Å². The van der Waals surface area contributed by atoms with Crippen molar-refractivity contribution in [3.63, 3.8) is 0 Å². The summed E-state index contributed by atoms with van der Waals surface area (Å²) >= 11 is 6.20. The van der Waals surface area contributed by atoms with Crippen molar-refractivity contribution in [1.29, 1.82) is 0 Å². The molecule has 3 nitrogen and oxygen atoms in total. The van der Waals surface area contributed by atoms with Crippen LogP contribution in [-0.2, 0) is 24.1 Å². The van der Waals surface area contributed by atoms with E-state index in [1.54, 1.807) is 0 Å². The van der Waals surface area contributed by atoms with Gasteiger partial charge in [0.2, 0.25) is 5.91 Å². The number of rotatable bonds is 5. The molecule has 0 atom stereocenters. The SMILES string of the molecule is Cl.NC(=O)CC1CCC(Cc2cc(-c3cccc(Cl)c3)nc3c2CCC3)CC1. The van der Waals surface area contributed by atoms with Crippen molar-refractivity contribution in [2.45, 2.75) is 57.8 Å². The second-order valence-electron chi connectivity index (χ2n) is 8.22. The summed E-state index contributed by atoms with van der Waals surface area (Å²) in [5, 5.41) is 0.754. The molecule has 0 bridgehead atoms. The van der Waals surface area contributed by atoms with Crippen molar-refractivity contribution < 1.29 is 4.79 Å². The number of nitrogens with zero attached hydrogens (tertiary/aromatic N) is 1. The molecule has 1 saturated carbocycles. The lowest BCUT2D eigenvalue weighted by molar-refractivity contribution is -0.119. The van der Waals surface area contributed by atoms with Crippen LogP contribution in [0.2, 0.25) is 5.02 Å². The van der Waals surface area contributed by atoms with Gasteiger partial charge < -0.3 is 5.73 Å². The minimum absolute atomic E-state index is 0. The summed E-state index contributed by atoms with van der Waals surface area (Å²) in [5.74, 6) is 1.04. The van der Waals surface area contributed by atoms with Crippen LogP contribution in [0.5, 0.6) is 0 Å². The van der Waals surface area contributed by atoms with Gasteiger partial charge in [-0.25, -0.2) is 0 Å². The van der Waals surface area contributed by atoms with Crippen LogP contribution in [0.1, 0.15) is 55.3 Å². The zero-order chi connectivity index (χ0) is 18.8. The second-order valence-corrected chi connectivity index (χ2v) is 8.65. The molecule has 4 rings (SSSR count). The van der Waals surface area contributed by atoms with Gasteiger partial charge in [0.1, 0.15) is 0 Å². The van der Waals surface area contributed by atoms with Gasteiger partial charge in [-0.05, 0) is 92.5 Å². The first kappa shape index (κ1) is 21.1. The summed E-state index contributed by atoms with van der Waals surface area (Å²) in [6.45, 7) is 0. The van der Waals surface area contributed by atoms with Gasteiger partial charge in [0.05, 0.1) is 5.69 Å². The molecule has 0 aliphatic heterocycles. The number of aryl methyl sites for hydroxylation is 1. The maximum atomic E-state index is 11.2. The summed E-state index contributed by atoms with van der Waals surface area (Å²) in [7, 11) is 0. The number of halogens is 2. The molecule has 150 valence electrons. The summed E-state index contributed by atoms with van der Waals surface area (Å²) in [6.07, 6.45) is 9.78. The maximum absolute atomic E-state index is 11.2. The molecule has 0 spiro atoms. The lowest BCUT2D eigenvalue weighted by Gasteiger charge is -2.28. The van der Waals surface area contributed by atoms with Crippen LogP contribution >= 0.6 is 24.0 Å². The van der Waals surface area contributed by atoms with E-state index in [9.17, 15) is 4.79 Å². The van der Waals surface area contributed by atoms with Crippen LogP contribution < -0.4 is 5.73 Å². The van der Waals surface area contributed by atoms with Crippen molar-refractivity contribution in [2.24, 2.45) is 17.6 Å². The van der Waals surface area contributed by atoms with E-state index in [1.165, 1.54) is 36.1 Å². The molecular weight excluding hydrogens is 391 g/mol. The third kappa shape index (κ3) is 4.87. The monoisotopic (exact) mass is 418 g/mol. The predicted octanol–water partition coefficient (Wildman–Crippen LogP) is 5.54. The van der Waals surface area contributed by atoms with Gasteiger partial charge in [-0.3, -0.25) is 9.78 Å². The number of fused-ring (bicyclic) bond motifs is 1. The molecule has 0 unspecified atom stereocenters. The van der Waals surface area contributed by atoms with E-state index in [2.05, 4.69) is 12.1 Å². The maximum Gasteiger partial charge on any atom is 0.217 e. The summed E-state index contributed by atoms with van der Waals surface area (Å²) in [6, 6.07) is 10.3. The molecule has 1 fully saturated rings. The Balaban J connectivity index is 0.00000225. The first-order valence-electron chi connectivity index (χ1n) is 10.1. The number of benzene rings is 1. The number of primary amides is 1. The van der Waals surface area contributed by atoms with Gasteiger partial charge in [0.25, 0.3) is 0 Å². The minimum Gasteiger partial charge on any atom is -0.370 e. The summed E-state index contributed by atoms with van der Waals surface area (Å²) in [5.41, 5.74) is 11.8. The molecule has 0 radical (unpaired) electrons. The van der Waals surface area contributed by atoms with E-state index in [4.69, 9.17) is 22.3 Å². The van der Waals surface area contributed by atoms with Crippen molar-refractivity contribution in [2.75, 3.05) is 0 Å². The first-order chi connectivity index (χ1) is 13.1. The highest BCUT2D eigenvalue weighted by Gasteiger charge is 2.25. The number of nitrogens with two attached hydrogens (primary N) is 1. The van der Waals surface area contributed by atoms with Crippen LogP contribution in [0.25, 0.3) is 11.3 Å². The Hall–Kier alpha value is -1.58. The molecule has 28 heavy (non-hydrogen) atoms. The zero-order valence-electron chi connectivity index (χ0n) is 16.1.